The van der Waals surface area contributed by atoms with E-state index in [1.54, 1.807) is 24.3 Å². The molecular formula is C26H29FN6O3S. The number of carbonyl (C=O) groups excluding carboxylic acids is 1. The molecule has 2 heterocycles. The third-order valence-electron chi connectivity index (χ3n) is 7.61. The molecule has 0 saturated heterocycles. The number of hydrogen-bond donors (Lipinski definition) is 3. The van der Waals surface area contributed by atoms with Crippen molar-refractivity contribution in [3.8, 4) is 5.95 Å². The number of aromatic nitrogens is 3. The molecule has 1 amide bonds. The van der Waals surface area contributed by atoms with Gasteiger partial charge in [-0.3, -0.25) is 4.79 Å². The number of rotatable bonds is 10. The highest BCUT2D eigenvalue weighted by Gasteiger charge is 2.48. The van der Waals surface area contributed by atoms with Gasteiger partial charge in [0.1, 0.15) is 12.4 Å². The number of H-pyrrole nitrogens is 1. The van der Waals surface area contributed by atoms with Gasteiger partial charge in [-0.2, -0.15) is 10.1 Å². The Bertz CT molecular complexity index is 1230. The fraction of sp³-hybridized carbons (Fsp3) is 0.462. The molecule has 3 aromatic rings. The molecule has 4 bridgehead atoms. The number of hydrazone groups is 1. The SMILES string of the molecule is O=C(CSc1n[nH]c(N/N=C/c2ccc(OCc3ccc(F)cc3)o2)n1)NC1C2CC3CC(C2)CC1C3. The van der Waals surface area contributed by atoms with Crippen LogP contribution in [0.5, 0.6) is 5.95 Å². The normalized spacial score (nSPS) is 26.0. The zero-order valence-electron chi connectivity index (χ0n) is 20.2. The van der Waals surface area contributed by atoms with Crippen LogP contribution in [0.2, 0.25) is 0 Å². The highest BCUT2D eigenvalue weighted by Crippen LogP contribution is 2.53. The van der Waals surface area contributed by atoms with Gasteiger partial charge in [-0.15, -0.1) is 5.10 Å². The molecule has 4 aliphatic rings. The maximum Gasteiger partial charge on any atom is 0.285 e. The van der Waals surface area contributed by atoms with Crippen LogP contribution in [0, 0.1) is 29.5 Å². The van der Waals surface area contributed by atoms with Gasteiger partial charge in [0, 0.05) is 12.1 Å². The Hall–Kier alpha value is -3.34. The van der Waals surface area contributed by atoms with E-state index in [0.717, 1.165) is 17.4 Å². The van der Waals surface area contributed by atoms with Crippen molar-refractivity contribution >= 4 is 29.8 Å². The minimum absolute atomic E-state index is 0.0510. The van der Waals surface area contributed by atoms with E-state index in [9.17, 15) is 9.18 Å². The number of ether oxygens (including phenoxy) is 1. The van der Waals surface area contributed by atoms with Gasteiger partial charge in [0.2, 0.25) is 17.0 Å². The number of hydrogen-bond acceptors (Lipinski definition) is 8. The summed E-state index contributed by atoms with van der Waals surface area (Å²) in [6.07, 6.45) is 8.02. The average molecular weight is 525 g/mol. The summed E-state index contributed by atoms with van der Waals surface area (Å²) in [4.78, 5) is 16.9. The van der Waals surface area contributed by atoms with Crippen molar-refractivity contribution in [1.29, 1.82) is 0 Å². The molecule has 3 N–H and O–H groups in total. The molecule has 2 aromatic heterocycles. The second-order valence-electron chi connectivity index (χ2n) is 10.2. The van der Waals surface area contributed by atoms with Crippen LogP contribution in [0.3, 0.4) is 0 Å². The lowest BCUT2D eigenvalue weighted by molar-refractivity contribution is -0.122. The standard InChI is InChI=1S/C26H29FN6O3S/c27-20-3-1-15(2-4-20)13-35-23-6-5-21(36-23)12-28-31-25-30-26(33-32-25)37-14-22(34)29-24-18-8-16-7-17(10-18)11-19(24)9-16/h1-6,12,16-19,24H,7-11,13-14H2,(H,29,34)(H2,30,31,32,33)/b28-12+. The van der Waals surface area contributed by atoms with Crippen LogP contribution >= 0.6 is 11.8 Å². The Morgan fingerprint density at radius 3 is 2.65 bits per heavy atom. The van der Waals surface area contributed by atoms with E-state index in [2.05, 4.69) is 31.0 Å². The molecule has 0 unspecified atom stereocenters. The molecular weight excluding hydrogens is 495 g/mol. The number of aromatic amines is 1. The van der Waals surface area contributed by atoms with Gasteiger partial charge >= 0.3 is 0 Å². The molecule has 4 fully saturated rings. The van der Waals surface area contributed by atoms with Crippen LogP contribution in [0.15, 0.2) is 51.1 Å². The smallest absolute Gasteiger partial charge is 0.285 e. The molecule has 0 aliphatic heterocycles. The Kier molecular flexibility index (Phi) is 6.86. The zero-order valence-corrected chi connectivity index (χ0v) is 21.0. The molecule has 4 aliphatic carbocycles. The quantitative estimate of drug-likeness (QED) is 0.202. The Morgan fingerprint density at radius 2 is 1.89 bits per heavy atom. The lowest BCUT2D eigenvalue weighted by Crippen LogP contribution is -2.56. The van der Waals surface area contributed by atoms with Crippen LogP contribution in [-0.4, -0.2) is 39.1 Å². The number of carbonyl (C=O) groups is 1. The molecule has 9 nitrogen and oxygen atoms in total. The summed E-state index contributed by atoms with van der Waals surface area (Å²) >= 11 is 1.30. The third-order valence-corrected chi connectivity index (χ3v) is 8.46. The second-order valence-corrected chi connectivity index (χ2v) is 11.2. The van der Waals surface area contributed by atoms with Crippen LogP contribution in [0.25, 0.3) is 0 Å². The molecule has 0 radical (unpaired) electrons. The van der Waals surface area contributed by atoms with Crippen molar-refractivity contribution in [3.63, 3.8) is 0 Å². The fourth-order valence-electron chi connectivity index (χ4n) is 6.25. The first-order valence-corrected chi connectivity index (χ1v) is 13.7. The van der Waals surface area contributed by atoms with Crippen molar-refractivity contribution in [2.45, 2.75) is 49.9 Å². The second kappa shape index (κ2) is 10.6. The minimum Gasteiger partial charge on any atom is -0.460 e. The topological polar surface area (TPSA) is 117 Å². The fourth-order valence-corrected chi connectivity index (χ4v) is 6.86. The first-order valence-electron chi connectivity index (χ1n) is 12.7. The maximum atomic E-state index is 13.0. The third kappa shape index (κ3) is 5.82. The van der Waals surface area contributed by atoms with Gasteiger partial charge in [0.05, 0.1) is 12.0 Å². The highest BCUT2D eigenvalue weighted by molar-refractivity contribution is 7.99. The van der Waals surface area contributed by atoms with Crippen LogP contribution < -0.4 is 15.5 Å². The summed E-state index contributed by atoms with van der Waals surface area (Å²) in [7, 11) is 0. The first kappa shape index (κ1) is 24.0. The van der Waals surface area contributed by atoms with Crippen LogP contribution in [-0.2, 0) is 11.4 Å². The summed E-state index contributed by atoms with van der Waals surface area (Å²) in [5.41, 5.74) is 3.60. The van der Waals surface area contributed by atoms with Crippen molar-refractivity contribution in [2.75, 3.05) is 11.2 Å². The Morgan fingerprint density at radius 1 is 1.14 bits per heavy atom. The summed E-state index contributed by atoms with van der Waals surface area (Å²) in [5, 5.41) is 14.8. The number of furan rings is 1. The molecule has 4 saturated carbocycles. The van der Waals surface area contributed by atoms with Gasteiger partial charge in [-0.1, -0.05) is 23.9 Å². The molecule has 0 spiro atoms. The van der Waals surface area contributed by atoms with Crippen molar-refractivity contribution in [3.05, 3.63) is 53.5 Å². The van der Waals surface area contributed by atoms with Gasteiger partial charge in [-0.05, 0) is 79.5 Å². The molecule has 194 valence electrons. The van der Waals surface area contributed by atoms with Crippen molar-refractivity contribution in [1.82, 2.24) is 20.5 Å². The van der Waals surface area contributed by atoms with Gasteiger partial charge in [0.25, 0.3) is 5.95 Å². The van der Waals surface area contributed by atoms with Crippen LogP contribution in [0.1, 0.15) is 43.4 Å². The average Bonchev–Trinajstić information content (AvgIpc) is 3.54. The number of amides is 1. The van der Waals surface area contributed by atoms with E-state index >= 15 is 0 Å². The summed E-state index contributed by atoms with van der Waals surface area (Å²) in [6.45, 7) is 0.266. The molecule has 0 atom stereocenters. The Balaban J connectivity index is 0.930. The molecule has 11 heteroatoms. The predicted octanol–water partition coefficient (Wildman–Crippen LogP) is 4.59. The number of nitrogens with one attached hydrogen (secondary N) is 3. The van der Waals surface area contributed by atoms with Gasteiger partial charge in [-0.25, -0.2) is 14.9 Å². The maximum absolute atomic E-state index is 13.0. The minimum atomic E-state index is -0.289. The van der Waals surface area contributed by atoms with Crippen molar-refractivity contribution < 1.29 is 18.3 Å². The first-order chi connectivity index (χ1) is 18.1. The van der Waals surface area contributed by atoms with Gasteiger partial charge < -0.3 is 14.5 Å². The monoisotopic (exact) mass is 524 g/mol. The van der Waals surface area contributed by atoms with E-state index in [1.165, 1.54) is 62.2 Å². The Labute approximate surface area is 218 Å². The molecule has 1 aromatic carbocycles. The number of halogens is 1. The largest absolute Gasteiger partial charge is 0.460 e. The highest BCUT2D eigenvalue weighted by atomic mass is 32.2. The number of nitrogens with zero attached hydrogens (tertiary/aromatic N) is 3. The van der Waals surface area contributed by atoms with Crippen LogP contribution in [0.4, 0.5) is 10.3 Å². The van der Waals surface area contributed by atoms with Gasteiger partial charge in [0.15, 0.2) is 5.76 Å². The lowest BCUT2D eigenvalue weighted by atomic mass is 9.54. The van der Waals surface area contributed by atoms with E-state index in [-0.39, 0.29) is 24.1 Å². The van der Waals surface area contributed by atoms with E-state index < -0.39 is 0 Å². The molecule has 7 rings (SSSR count). The molecule has 37 heavy (non-hydrogen) atoms. The summed E-state index contributed by atoms with van der Waals surface area (Å²) in [5.74, 6) is 4.33. The number of thioether (sulfide) groups is 1. The van der Waals surface area contributed by atoms with Crippen molar-refractivity contribution in [2.24, 2.45) is 28.8 Å². The number of benzene rings is 1. The summed E-state index contributed by atoms with van der Waals surface area (Å²) < 4.78 is 24.1. The lowest BCUT2D eigenvalue weighted by Gasteiger charge is -2.54. The number of anilines is 1. The van der Waals surface area contributed by atoms with E-state index in [4.69, 9.17) is 9.15 Å². The van der Waals surface area contributed by atoms with E-state index in [0.29, 0.717) is 40.7 Å². The predicted molar refractivity (Wildman–Crippen MR) is 137 cm³/mol. The summed E-state index contributed by atoms with van der Waals surface area (Å²) in [6, 6.07) is 9.83. The van der Waals surface area contributed by atoms with E-state index in [1.807, 2.05) is 0 Å². The zero-order chi connectivity index (χ0) is 25.2.